The van der Waals surface area contributed by atoms with Crippen LogP contribution in [0.4, 0.5) is 0 Å². The Hall–Kier alpha value is -2.17. The highest BCUT2D eigenvalue weighted by Gasteiger charge is 2.07. The zero-order valence-electron chi connectivity index (χ0n) is 10.6. The van der Waals surface area contributed by atoms with Crippen LogP contribution in [0.2, 0.25) is 5.02 Å². The molecule has 0 saturated carbocycles. The van der Waals surface area contributed by atoms with Gasteiger partial charge >= 0.3 is 0 Å². The fourth-order valence-corrected chi connectivity index (χ4v) is 2.06. The van der Waals surface area contributed by atoms with Crippen LogP contribution >= 0.6 is 11.6 Å². The Balaban J connectivity index is 1.98. The molecule has 2 aromatic carbocycles. The summed E-state index contributed by atoms with van der Waals surface area (Å²) in [7, 11) is 0. The number of nitrogens with zero attached hydrogens (tertiary/aromatic N) is 2. The van der Waals surface area contributed by atoms with E-state index >= 15 is 0 Å². The van der Waals surface area contributed by atoms with E-state index in [-0.39, 0.29) is 0 Å². The molecular weight excluding hydrogens is 274 g/mol. The van der Waals surface area contributed by atoms with Gasteiger partial charge in [0, 0.05) is 17.1 Å². The number of hydrogen-bond acceptors (Lipinski definition) is 4. The number of halogens is 1. The highest BCUT2D eigenvalue weighted by atomic mass is 35.5. The van der Waals surface area contributed by atoms with Crippen molar-refractivity contribution >= 4 is 22.6 Å². The van der Waals surface area contributed by atoms with E-state index in [1.165, 1.54) is 0 Å². The summed E-state index contributed by atoms with van der Waals surface area (Å²) in [6, 6.07) is 13.0. The molecule has 2 N–H and O–H groups in total. The molecule has 0 aliphatic carbocycles. The molecule has 4 nitrogen and oxygen atoms in total. The summed E-state index contributed by atoms with van der Waals surface area (Å²) in [5.74, 6) is 1.02. The lowest BCUT2D eigenvalue weighted by Gasteiger charge is -2.09. The second-order valence-corrected chi connectivity index (χ2v) is 4.69. The molecule has 3 aromatic rings. The summed E-state index contributed by atoms with van der Waals surface area (Å²) in [6.07, 6.45) is 1.59. The first-order valence-corrected chi connectivity index (χ1v) is 6.52. The summed E-state index contributed by atoms with van der Waals surface area (Å²) >= 11 is 5.98. The third-order valence-corrected chi connectivity index (χ3v) is 3.13. The molecule has 20 heavy (non-hydrogen) atoms. The van der Waals surface area contributed by atoms with Crippen LogP contribution in [0.15, 0.2) is 48.7 Å². The largest absolute Gasteiger partial charge is 0.437 e. The van der Waals surface area contributed by atoms with Gasteiger partial charge in [-0.15, -0.1) is 0 Å². The Labute approximate surface area is 121 Å². The van der Waals surface area contributed by atoms with Crippen LogP contribution in [-0.2, 0) is 6.54 Å². The van der Waals surface area contributed by atoms with E-state index in [1.807, 2.05) is 30.3 Å². The van der Waals surface area contributed by atoms with Crippen LogP contribution in [0.3, 0.4) is 0 Å². The first-order valence-electron chi connectivity index (χ1n) is 6.14. The van der Waals surface area contributed by atoms with Gasteiger partial charge in [-0.3, -0.25) is 0 Å². The SMILES string of the molecule is NCc1ccc(Cl)cc1Oc1cnc2ccccc2n1. The van der Waals surface area contributed by atoms with Crippen LogP contribution in [0.5, 0.6) is 11.6 Å². The Kier molecular flexibility index (Phi) is 3.50. The minimum Gasteiger partial charge on any atom is -0.437 e. The Morgan fingerprint density at radius 1 is 1.10 bits per heavy atom. The number of hydrogen-bond donors (Lipinski definition) is 1. The van der Waals surface area contributed by atoms with Crippen LogP contribution in [0.25, 0.3) is 11.0 Å². The lowest BCUT2D eigenvalue weighted by atomic mass is 10.2. The Bertz CT molecular complexity index is 761. The molecule has 5 heteroatoms. The van der Waals surface area contributed by atoms with Gasteiger partial charge in [0.05, 0.1) is 17.2 Å². The molecule has 3 rings (SSSR count). The second kappa shape index (κ2) is 5.45. The van der Waals surface area contributed by atoms with Gasteiger partial charge in [0.15, 0.2) is 0 Å². The van der Waals surface area contributed by atoms with Gasteiger partial charge in [0.1, 0.15) is 5.75 Å². The van der Waals surface area contributed by atoms with Gasteiger partial charge in [-0.25, -0.2) is 9.97 Å². The molecule has 0 amide bonds. The minimum absolute atomic E-state index is 0.369. The lowest BCUT2D eigenvalue weighted by molar-refractivity contribution is 0.457. The molecular formula is C15H12ClN3O. The highest BCUT2D eigenvalue weighted by molar-refractivity contribution is 6.30. The van der Waals surface area contributed by atoms with Crippen molar-refractivity contribution < 1.29 is 4.74 Å². The predicted octanol–water partition coefficient (Wildman–Crippen LogP) is 3.53. The number of benzene rings is 2. The molecule has 0 aliphatic rings. The maximum atomic E-state index is 5.98. The normalized spacial score (nSPS) is 10.7. The van der Waals surface area contributed by atoms with Crippen molar-refractivity contribution in [2.45, 2.75) is 6.54 Å². The summed E-state index contributed by atoms with van der Waals surface area (Å²) in [5, 5.41) is 0.589. The van der Waals surface area contributed by atoms with E-state index in [4.69, 9.17) is 22.1 Å². The molecule has 0 atom stereocenters. The molecule has 1 aromatic heterocycles. The zero-order chi connectivity index (χ0) is 13.9. The molecule has 0 radical (unpaired) electrons. The van der Waals surface area contributed by atoms with E-state index in [0.29, 0.717) is 23.2 Å². The van der Waals surface area contributed by atoms with Gasteiger partial charge in [-0.1, -0.05) is 29.8 Å². The molecule has 0 saturated heterocycles. The molecule has 0 unspecified atom stereocenters. The van der Waals surface area contributed by atoms with E-state index < -0.39 is 0 Å². The van der Waals surface area contributed by atoms with E-state index in [1.54, 1.807) is 18.3 Å². The van der Waals surface area contributed by atoms with Gasteiger partial charge in [0.25, 0.3) is 0 Å². The number of para-hydroxylation sites is 2. The quantitative estimate of drug-likeness (QED) is 0.799. The number of nitrogens with two attached hydrogens (primary N) is 1. The van der Waals surface area contributed by atoms with Crippen molar-refractivity contribution in [3.63, 3.8) is 0 Å². The number of fused-ring (bicyclic) bond motifs is 1. The van der Waals surface area contributed by atoms with Crippen molar-refractivity contribution in [2.75, 3.05) is 0 Å². The molecule has 100 valence electrons. The maximum Gasteiger partial charge on any atom is 0.238 e. The third kappa shape index (κ3) is 2.57. The second-order valence-electron chi connectivity index (χ2n) is 4.26. The molecule has 0 aliphatic heterocycles. The lowest BCUT2D eigenvalue weighted by Crippen LogP contribution is -2.00. The van der Waals surface area contributed by atoms with Crippen LogP contribution in [-0.4, -0.2) is 9.97 Å². The summed E-state index contributed by atoms with van der Waals surface area (Å²) in [5.41, 5.74) is 8.15. The molecule has 0 fully saturated rings. The first-order chi connectivity index (χ1) is 9.76. The highest BCUT2D eigenvalue weighted by Crippen LogP contribution is 2.27. The van der Waals surface area contributed by atoms with Gasteiger partial charge in [-0.05, 0) is 24.3 Å². The van der Waals surface area contributed by atoms with Crippen LogP contribution < -0.4 is 10.5 Å². The minimum atomic E-state index is 0.369. The van der Waals surface area contributed by atoms with Crippen LogP contribution in [0, 0.1) is 0 Å². The summed E-state index contributed by atoms with van der Waals surface area (Å²) < 4.78 is 5.75. The molecule has 0 bridgehead atoms. The topological polar surface area (TPSA) is 61.0 Å². The monoisotopic (exact) mass is 285 g/mol. The number of ether oxygens (including phenoxy) is 1. The standard InChI is InChI=1S/C15H12ClN3O/c16-11-6-5-10(8-17)14(7-11)20-15-9-18-12-3-1-2-4-13(12)19-15/h1-7,9H,8,17H2. The van der Waals surface area contributed by atoms with Gasteiger partial charge in [0.2, 0.25) is 5.88 Å². The van der Waals surface area contributed by atoms with Crippen molar-refractivity contribution in [3.8, 4) is 11.6 Å². The maximum absolute atomic E-state index is 5.98. The van der Waals surface area contributed by atoms with Crippen molar-refractivity contribution in [3.05, 3.63) is 59.2 Å². The average Bonchev–Trinajstić information content (AvgIpc) is 2.47. The predicted molar refractivity (Wildman–Crippen MR) is 79.0 cm³/mol. The summed E-state index contributed by atoms with van der Waals surface area (Å²) in [4.78, 5) is 8.71. The number of rotatable bonds is 3. The summed E-state index contributed by atoms with van der Waals surface area (Å²) in [6.45, 7) is 0.369. The van der Waals surface area contributed by atoms with E-state index in [9.17, 15) is 0 Å². The first kappa shape index (κ1) is 12.8. The fourth-order valence-electron chi connectivity index (χ4n) is 1.89. The smallest absolute Gasteiger partial charge is 0.238 e. The Morgan fingerprint density at radius 3 is 2.70 bits per heavy atom. The van der Waals surface area contributed by atoms with Crippen LogP contribution in [0.1, 0.15) is 5.56 Å². The fraction of sp³-hybridized carbons (Fsp3) is 0.0667. The molecule has 0 spiro atoms. The molecule has 1 heterocycles. The zero-order valence-corrected chi connectivity index (χ0v) is 11.3. The van der Waals surface area contributed by atoms with Crippen molar-refractivity contribution in [2.24, 2.45) is 5.73 Å². The van der Waals surface area contributed by atoms with Crippen molar-refractivity contribution in [1.29, 1.82) is 0 Å². The van der Waals surface area contributed by atoms with E-state index in [2.05, 4.69) is 9.97 Å². The average molecular weight is 286 g/mol. The Morgan fingerprint density at radius 2 is 1.90 bits per heavy atom. The van der Waals surface area contributed by atoms with E-state index in [0.717, 1.165) is 16.6 Å². The third-order valence-electron chi connectivity index (χ3n) is 2.89. The van der Waals surface area contributed by atoms with Gasteiger partial charge in [-0.2, -0.15) is 0 Å². The van der Waals surface area contributed by atoms with Gasteiger partial charge < -0.3 is 10.5 Å². The van der Waals surface area contributed by atoms with Crippen molar-refractivity contribution in [1.82, 2.24) is 9.97 Å². The number of aromatic nitrogens is 2.